The Hall–Kier alpha value is -1.25. The highest BCUT2D eigenvalue weighted by atomic mass is 35.5. The summed E-state index contributed by atoms with van der Waals surface area (Å²) in [5.41, 5.74) is 4.04. The van der Waals surface area contributed by atoms with Crippen molar-refractivity contribution in [2.45, 2.75) is 24.1 Å². The number of aliphatic hydroxyl groups excluding tert-OH is 1. The van der Waals surface area contributed by atoms with E-state index in [4.69, 9.17) is 22.1 Å². The van der Waals surface area contributed by atoms with Crippen molar-refractivity contribution in [3.05, 3.63) is 22.5 Å². The van der Waals surface area contributed by atoms with Crippen LogP contribution in [0.3, 0.4) is 0 Å². The van der Waals surface area contributed by atoms with Crippen LogP contribution in [0.15, 0.2) is 11.0 Å². The molecule has 3 atom stereocenters. The van der Waals surface area contributed by atoms with E-state index >= 15 is 0 Å². The molecule has 1 heterocycles. The van der Waals surface area contributed by atoms with Crippen molar-refractivity contribution in [3.8, 4) is 0 Å². The molecular weight excluding hydrogens is 284 g/mol. The summed E-state index contributed by atoms with van der Waals surface area (Å²) in [6, 6.07) is 0. The molecule has 0 amide bonds. The molecule has 108 valence electrons. The first-order valence-electron chi connectivity index (χ1n) is 5.28. The van der Waals surface area contributed by atoms with Gasteiger partial charge < -0.3 is 15.6 Å². The Morgan fingerprint density at radius 3 is 2.79 bits per heavy atom. The largest absolute Gasteiger partial charge is 0.387 e. The van der Waals surface area contributed by atoms with E-state index < -0.39 is 41.2 Å². The average Bonchev–Trinajstić information content (AvgIpc) is 2.40. The van der Waals surface area contributed by atoms with E-state index in [1.807, 2.05) is 0 Å². The Morgan fingerprint density at radius 1 is 1.74 bits per heavy atom. The first kappa shape index (κ1) is 15.8. The standard InChI is InChI=1S/C10H14ClF2N3O3/c1-5(19-2)7(17)10(11,4-12)16-3-6(13)8(14)15-9(16)18/h3,5,7,17H,4H2,1-2H3,(H2,14,15,18). The van der Waals surface area contributed by atoms with Crippen LogP contribution in [0.4, 0.5) is 14.6 Å². The Morgan fingerprint density at radius 2 is 2.32 bits per heavy atom. The molecule has 0 saturated carbocycles. The third-order valence-electron chi connectivity index (χ3n) is 2.77. The number of methoxy groups -OCH3 is 1. The molecule has 9 heteroatoms. The molecule has 3 unspecified atom stereocenters. The third kappa shape index (κ3) is 2.85. The van der Waals surface area contributed by atoms with Gasteiger partial charge in [0.2, 0.25) is 0 Å². The number of nitrogens with zero attached hydrogens (tertiary/aromatic N) is 2. The van der Waals surface area contributed by atoms with Crippen LogP contribution in [-0.4, -0.2) is 40.6 Å². The molecule has 1 aromatic heterocycles. The number of aromatic nitrogens is 2. The van der Waals surface area contributed by atoms with Gasteiger partial charge in [0.1, 0.15) is 12.8 Å². The van der Waals surface area contributed by atoms with Crippen LogP contribution in [0.2, 0.25) is 0 Å². The van der Waals surface area contributed by atoms with Crippen LogP contribution in [0.5, 0.6) is 0 Å². The Bertz CT molecular complexity index is 513. The van der Waals surface area contributed by atoms with Gasteiger partial charge in [0.25, 0.3) is 0 Å². The minimum Gasteiger partial charge on any atom is -0.387 e. The van der Waals surface area contributed by atoms with Crippen molar-refractivity contribution in [2.75, 3.05) is 19.5 Å². The number of hydrogen-bond donors (Lipinski definition) is 2. The predicted octanol–water partition coefficient (Wildman–Crippen LogP) is 0.221. The molecule has 0 aliphatic carbocycles. The number of nitrogens with two attached hydrogens (primary N) is 1. The Balaban J connectivity index is 3.37. The van der Waals surface area contributed by atoms with E-state index in [-0.39, 0.29) is 0 Å². The second-order valence-corrected chi connectivity index (χ2v) is 4.62. The van der Waals surface area contributed by atoms with E-state index in [1.165, 1.54) is 14.0 Å². The summed E-state index contributed by atoms with van der Waals surface area (Å²) in [5, 5.41) is 9.94. The Labute approximate surface area is 112 Å². The SMILES string of the molecule is COC(C)C(O)C(Cl)(CF)n1cc(F)c(N)nc1=O. The molecule has 0 aliphatic rings. The predicted molar refractivity (Wildman–Crippen MR) is 65.1 cm³/mol. The zero-order chi connectivity index (χ0) is 14.8. The Kier molecular flexibility index (Phi) is 4.83. The van der Waals surface area contributed by atoms with Gasteiger partial charge in [-0.3, -0.25) is 4.57 Å². The summed E-state index contributed by atoms with van der Waals surface area (Å²) in [4.78, 5) is 12.5. The van der Waals surface area contributed by atoms with Crippen LogP contribution >= 0.6 is 11.6 Å². The van der Waals surface area contributed by atoms with E-state index in [2.05, 4.69) is 4.98 Å². The van der Waals surface area contributed by atoms with Crippen molar-refractivity contribution in [3.63, 3.8) is 0 Å². The van der Waals surface area contributed by atoms with Gasteiger partial charge in [0.05, 0.1) is 12.3 Å². The summed E-state index contributed by atoms with van der Waals surface area (Å²) in [6.07, 6.45) is -1.89. The van der Waals surface area contributed by atoms with Crippen molar-refractivity contribution in [2.24, 2.45) is 0 Å². The fraction of sp³-hybridized carbons (Fsp3) is 0.600. The molecule has 1 rings (SSSR count). The van der Waals surface area contributed by atoms with Crippen LogP contribution in [0, 0.1) is 5.82 Å². The molecule has 0 radical (unpaired) electrons. The number of nitrogen functional groups attached to an aromatic ring is 1. The number of halogens is 3. The molecule has 19 heavy (non-hydrogen) atoms. The fourth-order valence-corrected chi connectivity index (χ4v) is 1.78. The minimum absolute atomic E-state index is 0.459. The van der Waals surface area contributed by atoms with E-state index in [0.29, 0.717) is 10.8 Å². The quantitative estimate of drug-likeness (QED) is 0.759. The maximum Gasteiger partial charge on any atom is 0.351 e. The van der Waals surface area contributed by atoms with Crippen LogP contribution in [-0.2, 0) is 9.73 Å². The first-order chi connectivity index (χ1) is 8.77. The highest BCUT2D eigenvalue weighted by Crippen LogP contribution is 2.29. The van der Waals surface area contributed by atoms with Gasteiger partial charge in [0.15, 0.2) is 16.6 Å². The zero-order valence-corrected chi connectivity index (χ0v) is 11.1. The van der Waals surface area contributed by atoms with Crippen LogP contribution < -0.4 is 11.4 Å². The van der Waals surface area contributed by atoms with E-state index in [0.717, 1.165) is 0 Å². The third-order valence-corrected chi connectivity index (χ3v) is 3.27. The summed E-state index contributed by atoms with van der Waals surface area (Å²) in [7, 11) is 1.27. The summed E-state index contributed by atoms with van der Waals surface area (Å²) >= 11 is 5.91. The zero-order valence-electron chi connectivity index (χ0n) is 10.3. The molecule has 0 aliphatic heterocycles. The fourth-order valence-electron chi connectivity index (χ4n) is 1.49. The summed E-state index contributed by atoms with van der Waals surface area (Å²) < 4.78 is 31.8. The number of hydrogen-bond acceptors (Lipinski definition) is 5. The van der Waals surface area contributed by atoms with E-state index in [1.54, 1.807) is 0 Å². The lowest BCUT2D eigenvalue weighted by Crippen LogP contribution is -2.52. The topological polar surface area (TPSA) is 90.4 Å². The maximum absolute atomic E-state index is 13.3. The average molecular weight is 298 g/mol. The van der Waals surface area contributed by atoms with Gasteiger partial charge in [-0.05, 0) is 6.92 Å². The number of aliphatic hydroxyl groups is 1. The van der Waals surface area contributed by atoms with Gasteiger partial charge in [-0.15, -0.1) is 0 Å². The molecule has 3 N–H and O–H groups in total. The maximum atomic E-state index is 13.3. The molecule has 0 spiro atoms. The number of alkyl halides is 2. The van der Waals surface area contributed by atoms with Gasteiger partial charge in [-0.1, -0.05) is 11.6 Å². The monoisotopic (exact) mass is 297 g/mol. The number of anilines is 1. The van der Waals surface area contributed by atoms with Crippen LogP contribution in [0.25, 0.3) is 0 Å². The number of ether oxygens (including phenoxy) is 1. The van der Waals surface area contributed by atoms with Crippen molar-refractivity contribution < 1.29 is 18.6 Å². The highest BCUT2D eigenvalue weighted by molar-refractivity contribution is 6.22. The van der Waals surface area contributed by atoms with Crippen molar-refractivity contribution >= 4 is 17.4 Å². The smallest absolute Gasteiger partial charge is 0.351 e. The van der Waals surface area contributed by atoms with Gasteiger partial charge in [-0.2, -0.15) is 4.98 Å². The summed E-state index contributed by atoms with van der Waals surface area (Å²) in [6.45, 7) is 0.0813. The van der Waals surface area contributed by atoms with Gasteiger partial charge >= 0.3 is 5.69 Å². The lowest BCUT2D eigenvalue weighted by atomic mass is 10.1. The van der Waals surface area contributed by atoms with Gasteiger partial charge in [0, 0.05) is 7.11 Å². The molecule has 0 saturated heterocycles. The molecule has 0 bridgehead atoms. The second-order valence-electron chi connectivity index (χ2n) is 3.96. The van der Waals surface area contributed by atoms with Crippen molar-refractivity contribution in [1.29, 1.82) is 0 Å². The van der Waals surface area contributed by atoms with Crippen molar-refractivity contribution in [1.82, 2.24) is 9.55 Å². The van der Waals surface area contributed by atoms with Crippen LogP contribution in [0.1, 0.15) is 6.92 Å². The minimum atomic E-state index is -2.23. The second kappa shape index (κ2) is 5.81. The molecular formula is C10H14ClF2N3O3. The van der Waals surface area contributed by atoms with E-state index in [9.17, 15) is 18.7 Å². The normalized spacial score (nSPS) is 17.8. The molecule has 0 aromatic carbocycles. The number of rotatable bonds is 5. The lowest BCUT2D eigenvalue weighted by Gasteiger charge is -2.33. The van der Waals surface area contributed by atoms with Gasteiger partial charge in [-0.25, -0.2) is 13.6 Å². The molecule has 0 fully saturated rings. The molecule has 6 nitrogen and oxygen atoms in total. The highest BCUT2D eigenvalue weighted by Gasteiger charge is 2.43. The first-order valence-corrected chi connectivity index (χ1v) is 5.66. The summed E-state index contributed by atoms with van der Waals surface area (Å²) in [5.74, 6) is -1.68. The lowest BCUT2D eigenvalue weighted by molar-refractivity contribution is -0.0478. The molecule has 1 aromatic rings.